The van der Waals surface area contributed by atoms with Crippen LogP contribution in [0.2, 0.25) is 0 Å². The van der Waals surface area contributed by atoms with Crippen molar-refractivity contribution in [2.45, 2.75) is 51.2 Å². The predicted molar refractivity (Wildman–Crippen MR) is 52.8 cm³/mol. The molecule has 0 radical (unpaired) electrons. The van der Waals surface area contributed by atoms with Gasteiger partial charge in [-0.3, -0.25) is 0 Å². The van der Waals surface area contributed by atoms with E-state index in [0.29, 0.717) is 11.7 Å². The van der Waals surface area contributed by atoms with E-state index in [-0.39, 0.29) is 0 Å². The van der Waals surface area contributed by atoms with Crippen LogP contribution in [0.25, 0.3) is 0 Å². The third-order valence-corrected chi connectivity index (χ3v) is 2.90. The SMILES string of the molecule is C[C@@H](O)c1cn(C2CCCCC2)nn1. The Morgan fingerprint density at radius 3 is 2.71 bits per heavy atom. The minimum Gasteiger partial charge on any atom is -0.387 e. The van der Waals surface area contributed by atoms with Gasteiger partial charge in [0.1, 0.15) is 5.69 Å². The summed E-state index contributed by atoms with van der Waals surface area (Å²) in [6, 6.07) is 0.503. The molecule has 0 amide bonds. The molecule has 1 atom stereocenters. The van der Waals surface area contributed by atoms with Gasteiger partial charge in [0.25, 0.3) is 0 Å². The minimum absolute atomic E-state index is 0.503. The van der Waals surface area contributed by atoms with E-state index in [9.17, 15) is 5.11 Å². The number of aliphatic hydroxyl groups is 1. The van der Waals surface area contributed by atoms with Crippen molar-refractivity contribution < 1.29 is 5.11 Å². The molecule has 1 heterocycles. The first-order valence-electron chi connectivity index (χ1n) is 5.37. The zero-order valence-electron chi connectivity index (χ0n) is 8.56. The number of hydrogen-bond acceptors (Lipinski definition) is 3. The van der Waals surface area contributed by atoms with Crippen molar-refractivity contribution in [3.05, 3.63) is 11.9 Å². The zero-order chi connectivity index (χ0) is 9.97. The number of aromatic nitrogens is 3. The Hall–Kier alpha value is -0.900. The van der Waals surface area contributed by atoms with Crippen molar-refractivity contribution in [1.29, 1.82) is 0 Å². The lowest BCUT2D eigenvalue weighted by atomic mass is 9.96. The average Bonchev–Trinajstić information content (AvgIpc) is 2.68. The summed E-state index contributed by atoms with van der Waals surface area (Å²) in [4.78, 5) is 0. The second-order valence-corrected chi connectivity index (χ2v) is 4.09. The van der Waals surface area contributed by atoms with Crippen molar-refractivity contribution in [3.8, 4) is 0 Å². The predicted octanol–water partition coefficient (Wildman–Crippen LogP) is 1.84. The normalized spacial score (nSPS) is 21.0. The molecule has 1 N–H and O–H groups in total. The standard InChI is InChI=1S/C10H17N3O/c1-8(14)10-7-13(12-11-10)9-5-3-2-4-6-9/h7-9,14H,2-6H2,1H3/t8-/m1/s1. The maximum absolute atomic E-state index is 9.32. The van der Waals surface area contributed by atoms with E-state index in [1.165, 1.54) is 32.1 Å². The van der Waals surface area contributed by atoms with Gasteiger partial charge in [-0.1, -0.05) is 24.5 Å². The lowest BCUT2D eigenvalue weighted by Crippen LogP contribution is -2.13. The van der Waals surface area contributed by atoms with Gasteiger partial charge in [0.15, 0.2) is 0 Å². The van der Waals surface area contributed by atoms with Crippen molar-refractivity contribution in [2.24, 2.45) is 0 Å². The van der Waals surface area contributed by atoms with Crippen molar-refractivity contribution in [2.75, 3.05) is 0 Å². The average molecular weight is 195 g/mol. The van der Waals surface area contributed by atoms with Gasteiger partial charge in [-0.15, -0.1) is 5.10 Å². The molecule has 1 aromatic heterocycles. The summed E-state index contributed by atoms with van der Waals surface area (Å²) in [5.74, 6) is 0. The van der Waals surface area contributed by atoms with Crippen LogP contribution in [0.1, 0.15) is 56.9 Å². The zero-order valence-corrected chi connectivity index (χ0v) is 8.56. The molecule has 1 aromatic rings. The van der Waals surface area contributed by atoms with Crippen LogP contribution in [0, 0.1) is 0 Å². The summed E-state index contributed by atoms with van der Waals surface area (Å²) in [6.45, 7) is 1.72. The van der Waals surface area contributed by atoms with E-state index in [4.69, 9.17) is 0 Å². The number of hydrogen-bond donors (Lipinski definition) is 1. The number of nitrogens with zero attached hydrogens (tertiary/aromatic N) is 3. The van der Waals surface area contributed by atoms with Gasteiger partial charge in [0, 0.05) is 0 Å². The highest BCUT2D eigenvalue weighted by molar-refractivity contribution is 4.96. The van der Waals surface area contributed by atoms with Crippen molar-refractivity contribution in [1.82, 2.24) is 15.0 Å². The molecule has 2 rings (SSSR count). The lowest BCUT2D eigenvalue weighted by molar-refractivity contribution is 0.194. The fraction of sp³-hybridized carbons (Fsp3) is 0.800. The Kier molecular flexibility index (Phi) is 2.82. The number of aliphatic hydroxyl groups excluding tert-OH is 1. The Morgan fingerprint density at radius 2 is 2.14 bits per heavy atom. The molecule has 1 saturated carbocycles. The Bertz CT molecular complexity index is 289. The summed E-state index contributed by atoms with van der Waals surface area (Å²) in [5.41, 5.74) is 0.676. The first-order valence-corrected chi connectivity index (χ1v) is 5.37. The van der Waals surface area contributed by atoms with Crippen LogP contribution in [0.4, 0.5) is 0 Å². The van der Waals surface area contributed by atoms with Gasteiger partial charge in [-0.05, 0) is 19.8 Å². The molecule has 0 bridgehead atoms. The largest absolute Gasteiger partial charge is 0.387 e. The van der Waals surface area contributed by atoms with Gasteiger partial charge in [-0.2, -0.15) is 0 Å². The van der Waals surface area contributed by atoms with E-state index in [2.05, 4.69) is 10.3 Å². The maximum Gasteiger partial charge on any atom is 0.111 e. The Morgan fingerprint density at radius 1 is 1.43 bits per heavy atom. The quantitative estimate of drug-likeness (QED) is 0.783. The second kappa shape index (κ2) is 4.09. The third kappa shape index (κ3) is 1.95. The van der Waals surface area contributed by atoms with Crippen LogP contribution in [-0.4, -0.2) is 20.1 Å². The van der Waals surface area contributed by atoms with Gasteiger partial charge in [0.05, 0.1) is 18.3 Å². The van der Waals surface area contributed by atoms with Crippen LogP contribution in [0.3, 0.4) is 0 Å². The molecule has 1 aliphatic carbocycles. The van der Waals surface area contributed by atoms with Gasteiger partial charge >= 0.3 is 0 Å². The van der Waals surface area contributed by atoms with Crippen LogP contribution < -0.4 is 0 Å². The molecular formula is C10H17N3O. The molecule has 0 aliphatic heterocycles. The maximum atomic E-state index is 9.32. The monoisotopic (exact) mass is 195 g/mol. The smallest absolute Gasteiger partial charge is 0.111 e. The Labute approximate surface area is 83.9 Å². The van der Waals surface area contributed by atoms with Crippen LogP contribution in [0.5, 0.6) is 0 Å². The highest BCUT2D eigenvalue weighted by Crippen LogP contribution is 2.27. The van der Waals surface area contributed by atoms with Crippen LogP contribution in [-0.2, 0) is 0 Å². The molecule has 1 fully saturated rings. The van der Waals surface area contributed by atoms with Gasteiger partial charge < -0.3 is 5.11 Å². The van der Waals surface area contributed by atoms with Crippen molar-refractivity contribution >= 4 is 0 Å². The molecule has 4 nitrogen and oxygen atoms in total. The molecule has 14 heavy (non-hydrogen) atoms. The van der Waals surface area contributed by atoms with Gasteiger partial charge in [0.2, 0.25) is 0 Å². The minimum atomic E-state index is -0.507. The highest BCUT2D eigenvalue weighted by atomic mass is 16.3. The molecule has 0 unspecified atom stereocenters. The fourth-order valence-electron chi connectivity index (χ4n) is 2.01. The number of rotatable bonds is 2. The summed E-state index contributed by atoms with van der Waals surface area (Å²) in [5, 5.41) is 17.3. The molecule has 0 aromatic carbocycles. The lowest BCUT2D eigenvalue weighted by Gasteiger charge is -2.20. The molecule has 1 aliphatic rings. The van der Waals surface area contributed by atoms with Crippen molar-refractivity contribution in [3.63, 3.8) is 0 Å². The van der Waals surface area contributed by atoms with Crippen LogP contribution in [0.15, 0.2) is 6.20 Å². The summed E-state index contributed by atoms with van der Waals surface area (Å²) < 4.78 is 1.92. The van der Waals surface area contributed by atoms with E-state index < -0.39 is 6.10 Å². The summed E-state index contributed by atoms with van der Waals surface area (Å²) >= 11 is 0. The van der Waals surface area contributed by atoms with E-state index in [1.807, 2.05) is 10.9 Å². The molecular weight excluding hydrogens is 178 g/mol. The summed E-state index contributed by atoms with van der Waals surface area (Å²) in [7, 11) is 0. The van der Waals surface area contributed by atoms with E-state index in [0.717, 1.165) is 0 Å². The third-order valence-electron chi connectivity index (χ3n) is 2.90. The topological polar surface area (TPSA) is 50.9 Å². The fourth-order valence-corrected chi connectivity index (χ4v) is 2.01. The first-order chi connectivity index (χ1) is 6.77. The first kappa shape index (κ1) is 9.65. The molecule has 0 saturated heterocycles. The molecule has 78 valence electrons. The molecule has 0 spiro atoms. The second-order valence-electron chi connectivity index (χ2n) is 4.09. The Balaban J connectivity index is 2.07. The van der Waals surface area contributed by atoms with Crippen LogP contribution >= 0.6 is 0 Å². The van der Waals surface area contributed by atoms with E-state index >= 15 is 0 Å². The highest BCUT2D eigenvalue weighted by Gasteiger charge is 2.17. The summed E-state index contributed by atoms with van der Waals surface area (Å²) in [6.07, 6.45) is 7.68. The van der Waals surface area contributed by atoms with E-state index in [1.54, 1.807) is 6.92 Å². The molecule has 4 heteroatoms. The van der Waals surface area contributed by atoms with Gasteiger partial charge in [-0.25, -0.2) is 4.68 Å².